The quantitative estimate of drug-likeness (QED) is 0.866. The summed E-state index contributed by atoms with van der Waals surface area (Å²) in [5.41, 5.74) is 13.0. The second-order valence-corrected chi connectivity index (χ2v) is 5.91. The summed E-state index contributed by atoms with van der Waals surface area (Å²) in [7, 11) is 0. The van der Waals surface area contributed by atoms with E-state index in [1.54, 1.807) is 0 Å². The number of nitrogens with two attached hydrogens (primary N) is 1. The molecule has 2 aromatic carbocycles. The van der Waals surface area contributed by atoms with E-state index in [2.05, 4.69) is 63.2 Å². The minimum Gasteiger partial charge on any atom is -0.327 e. The Hall–Kier alpha value is -1.60. The average molecular weight is 267 g/mol. The Morgan fingerprint density at radius 3 is 2.15 bits per heavy atom. The molecule has 0 heterocycles. The monoisotopic (exact) mass is 267 g/mol. The van der Waals surface area contributed by atoms with Crippen LogP contribution in [0.15, 0.2) is 42.5 Å². The van der Waals surface area contributed by atoms with Crippen molar-refractivity contribution in [3.8, 4) is 0 Å². The maximum absolute atomic E-state index is 6.27. The van der Waals surface area contributed by atoms with Crippen molar-refractivity contribution >= 4 is 0 Å². The van der Waals surface area contributed by atoms with Crippen LogP contribution in [0.2, 0.25) is 0 Å². The van der Waals surface area contributed by atoms with Crippen LogP contribution in [0, 0.1) is 20.8 Å². The molecule has 0 aliphatic rings. The van der Waals surface area contributed by atoms with Crippen LogP contribution >= 0.6 is 0 Å². The number of aryl methyl sites for hydroxylation is 4. The van der Waals surface area contributed by atoms with E-state index in [1.807, 2.05) is 0 Å². The highest BCUT2D eigenvalue weighted by molar-refractivity contribution is 5.30. The van der Waals surface area contributed by atoms with E-state index in [4.69, 9.17) is 5.73 Å². The third-order valence-corrected chi connectivity index (χ3v) is 3.99. The fraction of sp³-hybridized carbons (Fsp3) is 0.368. The standard InChI is InChI=1S/C19H25N/c1-14-4-7-17(8-5-14)10-11-19(20)13-18-9-6-15(2)16(3)12-18/h4-9,12,19H,10-11,13,20H2,1-3H3. The van der Waals surface area contributed by atoms with E-state index >= 15 is 0 Å². The lowest BCUT2D eigenvalue weighted by Gasteiger charge is -2.13. The van der Waals surface area contributed by atoms with Crippen LogP contribution in [0.25, 0.3) is 0 Å². The molecule has 0 saturated heterocycles. The lowest BCUT2D eigenvalue weighted by atomic mass is 9.97. The Bertz CT molecular complexity index is 554. The average Bonchev–Trinajstić information content (AvgIpc) is 2.42. The van der Waals surface area contributed by atoms with Gasteiger partial charge in [0.15, 0.2) is 0 Å². The summed E-state index contributed by atoms with van der Waals surface area (Å²) in [6.07, 6.45) is 3.06. The van der Waals surface area contributed by atoms with Gasteiger partial charge >= 0.3 is 0 Å². The summed E-state index contributed by atoms with van der Waals surface area (Å²) >= 11 is 0. The van der Waals surface area contributed by atoms with Gasteiger partial charge < -0.3 is 5.73 Å². The molecule has 2 aromatic rings. The first-order valence-corrected chi connectivity index (χ1v) is 7.42. The van der Waals surface area contributed by atoms with Crippen molar-refractivity contribution < 1.29 is 0 Å². The SMILES string of the molecule is Cc1ccc(CCC(N)Cc2ccc(C)c(C)c2)cc1. The molecule has 2 N–H and O–H groups in total. The first kappa shape index (κ1) is 14.8. The fourth-order valence-corrected chi connectivity index (χ4v) is 2.44. The number of rotatable bonds is 5. The lowest BCUT2D eigenvalue weighted by Crippen LogP contribution is -2.23. The van der Waals surface area contributed by atoms with Crippen molar-refractivity contribution in [3.05, 3.63) is 70.3 Å². The molecular formula is C19H25N. The van der Waals surface area contributed by atoms with Crippen LogP contribution in [0.3, 0.4) is 0 Å². The van der Waals surface area contributed by atoms with Crippen molar-refractivity contribution in [2.45, 2.75) is 46.1 Å². The van der Waals surface area contributed by atoms with E-state index in [0.29, 0.717) is 0 Å². The lowest BCUT2D eigenvalue weighted by molar-refractivity contribution is 0.610. The molecule has 1 unspecified atom stereocenters. The molecule has 0 amide bonds. The van der Waals surface area contributed by atoms with E-state index in [9.17, 15) is 0 Å². The molecule has 0 fully saturated rings. The summed E-state index contributed by atoms with van der Waals surface area (Å²) in [6, 6.07) is 15.6. The van der Waals surface area contributed by atoms with Gasteiger partial charge in [0.1, 0.15) is 0 Å². The van der Waals surface area contributed by atoms with Gasteiger partial charge in [0, 0.05) is 6.04 Å². The molecule has 2 rings (SSSR count). The molecule has 0 aromatic heterocycles. The molecule has 1 heteroatoms. The molecule has 0 bridgehead atoms. The van der Waals surface area contributed by atoms with Gasteiger partial charge in [-0.25, -0.2) is 0 Å². The van der Waals surface area contributed by atoms with Crippen molar-refractivity contribution in [2.24, 2.45) is 5.73 Å². The van der Waals surface area contributed by atoms with Crippen LogP contribution in [0.1, 0.15) is 34.2 Å². The van der Waals surface area contributed by atoms with Gasteiger partial charge in [-0.2, -0.15) is 0 Å². The normalized spacial score (nSPS) is 12.4. The Kier molecular flexibility index (Phi) is 4.97. The molecule has 0 saturated carbocycles. The zero-order valence-electron chi connectivity index (χ0n) is 12.8. The predicted molar refractivity (Wildman–Crippen MR) is 87.1 cm³/mol. The topological polar surface area (TPSA) is 26.0 Å². The van der Waals surface area contributed by atoms with Gasteiger partial charge in [0.2, 0.25) is 0 Å². The summed E-state index contributed by atoms with van der Waals surface area (Å²) in [5.74, 6) is 0. The molecule has 0 radical (unpaired) electrons. The Morgan fingerprint density at radius 2 is 1.50 bits per heavy atom. The molecule has 1 atom stereocenters. The Morgan fingerprint density at radius 1 is 0.850 bits per heavy atom. The van der Waals surface area contributed by atoms with Crippen LogP contribution < -0.4 is 5.73 Å². The fourth-order valence-electron chi connectivity index (χ4n) is 2.44. The second kappa shape index (κ2) is 6.71. The van der Waals surface area contributed by atoms with E-state index in [1.165, 1.54) is 27.8 Å². The largest absolute Gasteiger partial charge is 0.327 e. The third kappa shape index (κ3) is 4.21. The smallest absolute Gasteiger partial charge is 0.00824 e. The predicted octanol–water partition coefficient (Wildman–Crippen LogP) is 4.11. The van der Waals surface area contributed by atoms with Crippen molar-refractivity contribution in [1.29, 1.82) is 0 Å². The highest BCUT2D eigenvalue weighted by Gasteiger charge is 2.06. The van der Waals surface area contributed by atoms with Crippen LogP contribution in [-0.4, -0.2) is 6.04 Å². The molecule has 0 spiro atoms. The van der Waals surface area contributed by atoms with Gasteiger partial charge in [-0.3, -0.25) is 0 Å². The zero-order valence-corrected chi connectivity index (χ0v) is 12.8. The number of hydrogen-bond acceptors (Lipinski definition) is 1. The van der Waals surface area contributed by atoms with Gasteiger partial charge in [-0.05, 0) is 62.3 Å². The molecule has 0 aliphatic heterocycles. The molecule has 1 nitrogen and oxygen atoms in total. The minimum atomic E-state index is 0.235. The Balaban J connectivity index is 1.87. The van der Waals surface area contributed by atoms with E-state index in [-0.39, 0.29) is 6.04 Å². The summed E-state index contributed by atoms with van der Waals surface area (Å²) in [4.78, 5) is 0. The highest BCUT2D eigenvalue weighted by atomic mass is 14.6. The number of hydrogen-bond donors (Lipinski definition) is 1. The van der Waals surface area contributed by atoms with Gasteiger partial charge in [-0.15, -0.1) is 0 Å². The van der Waals surface area contributed by atoms with E-state index in [0.717, 1.165) is 19.3 Å². The van der Waals surface area contributed by atoms with Gasteiger partial charge in [0.25, 0.3) is 0 Å². The number of benzene rings is 2. The van der Waals surface area contributed by atoms with Crippen molar-refractivity contribution in [3.63, 3.8) is 0 Å². The zero-order chi connectivity index (χ0) is 14.5. The molecular weight excluding hydrogens is 242 g/mol. The van der Waals surface area contributed by atoms with Crippen molar-refractivity contribution in [2.75, 3.05) is 0 Å². The summed E-state index contributed by atoms with van der Waals surface area (Å²) in [6.45, 7) is 6.43. The Labute approximate surface area is 122 Å². The first-order chi connectivity index (χ1) is 9.54. The third-order valence-electron chi connectivity index (χ3n) is 3.99. The van der Waals surface area contributed by atoms with Crippen LogP contribution in [0.4, 0.5) is 0 Å². The molecule has 106 valence electrons. The van der Waals surface area contributed by atoms with Gasteiger partial charge in [0.05, 0.1) is 0 Å². The summed E-state index contributed by atoms with van der Waals surface area (Å²) in [5, 5.41) is 0. The second-order valence-electron chi connectivity index (χ2n) is 5.91. The maximum atomic E-state index is 6.27. The minimum absolute atomic E-state index is 0.235. The van der Waals surface area contributed by atoms with Gasteiger partial charge in [-0.1, -0.05) is 48.0 Å². The summed E-state index contributed by atoms with van der Waals surface area (Å²) < 4.78 is 0. The van der Waals surface area contributed by atoms with Crippen LogP contribution in [-0.2, 0) is 12.8 Å². The van der Waals surface area contributed by atoms with E-state index < -0.39 is 0 Å². The van der Waals surface area contributed by atoms with Crippen molar-refractivity contribution in [1.82, 2.24) is 0 Å². The molecule has 20 heavy (non-hydrogen) atoms. The maximum Gasteiger partial charge on any atom is 0.00824 e. The highest BCUT2D eigenvalue weighted by Crippen LogP contribution is 2.13. The first-order valence-electron chi connectivity index (χ1n) is 7.42. The van der Waals surface area contributed by atoms with Crippen LogP contribution in [0.5, 0.6) is 0 Å². The molecule has 0 aliphatic carbocycles.